The van der Waals surface area contributed by atoms with Gasteiger partial charge in [-0.05, 0) is 0 Å². The van der Waals surface area contributed by atoms with Crippen LogP contribution in [0.5, 0.6) is 0 Å². The zero-order valence-electron chi connectivity index (χ0n) is 55.1. The van der Waals surface area contributed by atoms with Gasteiger partial charge in [0.15, 0.2) is 0 Å². The van der Waals surface area contributed by atoms with Crippen LogP contribution < -0.4 is 59.1 Å². The molecule has 0 fully saturated rings. The van der Waals surface area contributed by atoms with Crippen LogP contribution in [0.2, 0.25) is 0 Å². The molecule has 1 N–H and O–H groups in total. The van der Waals surface area contributed by atoms with Crippen LogP contribution in [0.3, 0.4) is 0 Å². The van der Waals surface area contributed by atoms with Gasteiger partial charge in [-0.25, -0.2) is 16.8 Å². The van der Waals surface area contributed by atoms with Gasteiger partial charge in [0.2, 0.25) is 9.05 Å². The first kappa shape index (κ1) is 132. The molecule has 8 rings (SSSR count). The minimum atomic E-state index is -3.92. The summed E-state index contributed by atoms with van der Waals surface area (Å²) in [6.45, 7) is 36.0. The van der Waals surface area contributed by atoms with E-state index in [9.17, 15) is 8.42 Å². The monoisotopic (exact) mass is 1510 g/mol. The summed E-state index contributed by atoms with van der Waals surface area (Å²) in [6, 6.07) is 100. The maximum absolute atomic E-state index is 9.40. The van der Waals surface area contributed by atoms with Crippen molar-refractivity contribution in [3.05, 3.63) is 291 Å². The second-order valence-electron chi connectivity index (χ2n) is 10.0. The van der Waals surface area contributed by atoms with Crippen molar-refractivity contribution in [2.75, 3.05) is 12.5 Å². The topological polar surface area (TPSA) is 121 Å². The van der Waals surface area contributed by atoms with Gasteiger partial charge in [-0.2, -0.15) is 291 Å². The van der Waals surface area contributed by atoms with Gasteiger partial charge in [-0.3, -0.25) is 0 Å². The third-order valence-corrected chi connectivity index (χ3v) is 4.86. The minimum absolute atomic E-state index is 0. The zero-order valence-corrected chi connectivity index (χ0v) is 72.8. The molecule has 0 saturated carbocycles. The van der Waals surface area contributed by atoms with E-state index in [0.717, 1.165) is 6.26 Å². The second-order valence-corrected chi connectivity index (χ2v) is 14.5. The van der Waals surface area contributed by atoms with E-state index < -0.39 is 19.2 Å². The number of halogens is 1. The molecule has 15 heteroatoms. The maximum atomic E-state index is 9.40. The van der Waals surface area contributed by atoms with Gasteiger partial charge >= 0.3 is 59.1 Å². The Kier molecular flexibility index (Phi) is 238. The molecule has 0 heterocycles. The largest absolute Gasteiger partial charge is 1.00 e. The molecule has 83 heavy (non-hydrogen) atoms. The second kappa shape index (κ2) is 150. The smallest absolute Gasteiger partial charge is 0.870 e. The van der Waals surface area contributed by atoms with Gasteiger partial charge in [-0.1, -0.05) is 125 Å². The molecular formula is C68H101ClNa2O6S2Y4-8. The summed E-state index contributed by atoms with van der Waals surface area (Å²) in [5, 5.41) is 0. The predicted molar refractivity (Wildman–Crippen MR) is 343 cm³/mol. The standard InChI is InChI=1S/8C6H5.9C2H6.CH3ClO2S.CH4O3S.2Na.H2O.4Y/c8*1-2-4-6-5-3-1;9*1-2;2*1-5(2,3)4;;;;;;;/h8*1-5H;9*1-2H3;1H3;1H3,(H,2,3,4);;;1H2;;;;/q8*-1;;;;;;;;;;;;2*+1;;;;;/p-2. The summed E-state index contributed by atoms with van der Waals surface area (Å²) < 4.78 is 46.0. The predicted octanol–water partition coefficient (Wildman–Crippen LogP) is 14.3. The van der Waals surface area contributed by atoms with E-state index in [2.05, 4.69) is 59.2 Å². The van der Waals surface area contributed by atoms with Crippen LogP contribution in [0.15, 0.2) is 243 Å². The van der Waals surface area contributed by atoms with Gasteiger partial charge in [0.05, 0.1) is 16.4 Å². The molecule has 4 radical (unpaired) electrons. The summed E-state index contributed by atoms with van der Waals surface area (Å²) >= 11 is 0. The van der Waals surface area contributed by atoms with Gasteiger partial charge in [0, 0.05) is 148 Å². The van der Waals surface area contributed by atoms with E-state index in [-0.39, 0.29) is 195 Å². The molecule has 0 atom stereocenters. The Labute approximate surface area is 664 Å². The molecule has 450 valence electrons. The van der Waals surface area contributed by atoms with E-state index in [1.165, 1.54) is 0 Å². The quantitative estimate of drug-likeness (QED) is 0.0645. The summed E-state index contributed by atoms with van der Waals surface area (Å²) in [6.07, 6.45) is 1.53. The molecule has 8 aromatic rings. The van der Waals surface area contributed by atoms with Crippen molar-refractivity contribution in [2.24, 2.45) is 0 Å². The molecular weight excluding hydrogens is 1410 g/mol. The van der Waals surface area contributed by atoms with Gasteiger partial charge in [0.1, 0.15) is 0 Å². The summed E-state index contributed by atoms with van der Waals surface area (Å²) in [7, 11) is -2.61. The van der Waals surface area contributed by atoms with Crippen molar-refractivity contribution in [2.45, 2.75) is 125 Å². The van der Waals surface area contributed by atoms with E-state index in [0.29, 0.717) is 6.26 Å². The van der Waals surface area contributed by atoms with Crippen molar-refractivity contribution in [1.29, 1.82) is 0 Å². The fourth-order valence-corrected chi connectivity index (χ4v) is 2.74. The molecule has 0 amide bonds. The third kappa shape index (κ3) is 227. The number of hydrogen-bond acceptors (Lipinski definition) is 6. The van der Waals surface area contributed by atoms with Crippen LogP contribution in [-0.4, -0.2) is 39.4 Å². The fraction of sp³-hybridized carbons (Fsp3) is 0.294. The zero-order chi connectivity index (χ0) is 60.9. The SMILES string of the molecule is CC.CC.CC.CC.CC.CC.CC.CC.CC.CS(=O)(=O)Cl.CS(=O)(=O)[O-].[Na+].[Na+].[OH-].[Y].[Y].[Y].[Y].[c-]1ccccc1.[c-]1ccccc1.[c-]1ccccc1.[c-]1ccccc1.[c-]1ccccc1.[c-]1ccccc1.[c-]1ccccc1.[c-]1ccccc1. The van der Waals surface area contributed by atoms with E-state index in [4.69, 9.17) is 13.0 Å². The van der Waals surface area contributed by atoms with Gasteiger partial charge in [-0.15, -0.1) is 0 Å². The van der Waals surface area contributed by atoms with Crippen LogP contribution >= 0.6 is 10.7 Å². The van der Waals surface area contributed by atoms with Crippen molar-refractivity contribution in [3.63, 3.8) is 0 Å². The normalized spacial score (nSPS) is 6.67. The third-order valence-electron chi connectivity index (χ3n) is 4.86. The molecule has 0 bridgehead atoms. The van der Waals surface area contributed by atoms with Crippen LogP contribution in [0.25, 0.3) is 0 Å². The van der Waals surface area contributed by atoms with Crippen LogP contribution in [0.1, 0.15) is 125 Å². The Bertz CT molecular complexity index is 1460. The van der Waals surface area contributed by atoms with Crippen LogP contribution in [0, 0.1) is 48.5 Å². The van der Waals surface area contributed by atoms with Gasteiger partial charge in [0.25, 0.3) is 0 Å². The minimum Gasteiger partial charge on any atom is -0.870 e. The Morgan fingerprint density at radius 1 is 0.241 bits per heavy atom. The molecule has 0 aliphatic carbocycles. The van der Waals surface area contributed by atoms with Crippen LogP contribution in [-0.2, 0) is 150 Å². The number of benzene rings is 8. The first-order chi connectivity index (χ1) is 37.0. The van der Waals surface area contributed by atoms with Gasteiger partial charge < -0.3 is 10.0 Å². The average molecular weight is 1520 g/mol. The van der Waals surface area contributed by atoms with E-state index >= 15 is 0 Å². The van der Waals surface area contributed by atoms with E-state index in [1.54, 1.807) is 0 Å². The van der Waals surface area contributed by atoms with Crippen molar-refractivity contribution >= 4 is 29.9 Å². The maximum Gasteiger partial charge on any atom is 1.00 e. The van der Waals surface area contributed by atoms with Crippen molar-refractivity contribution in [3.8, 4) is 0 Å². The summed E-state index contributed by atoms with van der Waals surface area (Å²) in [4.78, 5) is 0. The molecule has 0 spiro atoms. The van der Waals surface area contributed by atoms with Crippen molar-refractivity contribution < 1.29 is 217 Å². The Morgan fingerprint density at radius 3 is 0.301 bits per heavy atom. The number of rotatable bonds is 0. The molecule has 0 saturated heterocycles. The molecule has 0 aliphatic rings. The van der Waals surface area contributed by atoms with E-state index in [1.807, 2.05) is 367 Å². The Balaban J connectivity index is -0.0000000340. The molecule has 8 aromatic carbocycles. The first-order valence-corrected chi connectivity index (χ1v) is 30.6. The van der Waals surface area contributed by atoms with Crippen molar-refractivity contribution in [1.82, 2.24) is 0 Å². The Hall–Kier alpha value is 0.286. The average Bonchev–Trinajstić information content (AvgIpc) is 3.53. The molecule has 0 unspecified atom stereocenters. The number of hydrogen-bond donors (Lipinski definition) is 0. The molecule has 0 aromatic heterocycles. The Morgan fingerprint density at radius 2 is 0.289 bits per heavy atom. The molecule has 6 nitrogen and oxygen atoms in total. The summed E-state index contributed by atoms with van der Waals surface area (Å²) in [5.74, 6) is 0. The summed E-state index contributed by atoms with van der Waals surface area (Å²) in [5.41, 5.74) is 0. The van der Waals surface area contributed by atoms with Crippen LogP contribution in [0.4, 0.5) is 0 Å². The fourth-order valence-electron chi connectivity index (χ4n) is 2.74. The first-order valence-electron chi connectivity index (χ1n) is 26.1. The molecule has 0 aliphatic heterocycles.